The number of benzene rings is 2. The highest BCUT2D eigenvalue weighted by Gasteiger charge is 2.15. The van der Waals surface area contributed by atoms with Crippen LogP contribution in [0.4, 0.5) is 5.69 Å². The quantitative estimate of drug-likeness (QED) is 0.805. The first-order valence-corrected chi connectivity index (χ1v) is 7.61. The average molecular weight is 321 g/mol. The molecule has 0 spiro atoms. The van der Waals surface area contributed by atoms with Crippen molar-refractivity contribution in [2.45, 2.75) is 0 Å². The van der Waals surface area contributed by atoms with E-state index in [4.69, 9.17) is 9.47 Å². The van der Waals surface area contributed by atoms with Crippen LogP contribution >= 0.6 is 0 Å². The predicted molar refractivity (Wildman–Crippen MR) is 88.9 cm³/mol. The Morgan fingerprint density at radius 2 is 1.83 bits per heavy atom. The molecule has 0 saturated heterocycles. The highest BCUT2D eigenvalue weighted by molar-refractivity contribution is 6.04. The number of hydrogen-bond acceptors (Lipinski definition) is 4. The molecule has 1 aliphatic rings. The van der Waals surface area contributed by atoms with Crippen molar-refractivity contribution in [1.29, 1.82) is 0 Å². The fraction of sp³-hybridized carbons (Fsp3) is 0.111. The van der Waals surface area contributed by atoms with Gasteiger partial charge in [0, 0.05) is 23.6 Å². The molecule has 0 aliphatic carbocycles. The SMILES string of the molecule is O=C(Nc1ccc(-n2cccn2)cc1)c1ccc2c(c1)OCCO2. The van der Waals surface area contributed by atoms with Gasteiger partial charge in [0.05, 0.1) is 5.69 Å². The van der Waals surface area contributed by atoms with Crippen molar-refractivity contribution in [2.75, 3.05) is 18.5 Å². The number of ether oxygens (including phenoxy) is 2. The summed E-state index contributed by atoms with van der Waals surface area (Å²) in [6.07, 6.45) is 3.58. The van der Waals surface area contributed by atoms with Crippen LogP contribution in [0.3, 0.4) is 0 Å². The van der Waals surface area contributed by atoms with E-state index in [-0.39, 0.29) is 5.91 Å². The molecule has 0 unspecified atom stereocenters. The molecule has 2 heterocycles. The van der Waals surface area contributed by atoms with Crippen LogP contribution in [0.15, 0.2) is 60.9 Å². The van der Waals surface area contributed by atoms with Gasteiger partial charge >= 0.3 is 0 Å². The molecule has 1 aromatic heterocycles. The molecule has 120 valence electrons. The van der Waals surface area contributed by atoms with Crippen molar-refractivity contribution < 1.29 is 14.3 Å². The molecule has 0 saturated carbocycles. The van der Waals surface area contributed by atoms with E-state index in [0.717, 1.165) is 5.69 Å². The third kappa shape index (κ3) is 2.81. The highest BCUT2D eigenvalue weighted by Crippen LogP contribution is 2.31. The summed E-state index contributed by atoms with van der Waals surface area (Å²) < 4.78 is 12.7. The lowest BCUT2D eigenvalue weighted by atomic mass is 10.1. The van der Waals surface area contributed by atoms with Gasteiger partial charge in [0.15, 0.2) is 11.5 Å². The summed E-state index contributed by atoms with van der Waals surface area (Å²) in [6.45, 7) is 1.02. The lowest BCUT2D eigenvalue weighted by molar-refractivity contribution is 0.102. The van der Waals surface area contributed by atoms with Crippen molar-refractivity contribution in [3.8, 4) is 17.2 Å². The van der Waals surface area contributed by atoms with Gasteiger partial charge in [0.25, 0.3) is 5.91 Å². The zero-order valence-electron chi connectivity index (χ0n) is 12.8. The minimum Gasteiger partial charge on any atom is -0.486 e. The van der Waals surface area contributed by atoms with Crippen LogP contribution < -0.4 is 14.8 Å². The fourth-order valence-corrected chi connectivity index (χ4v) is 2.51. The number of nitrogens with zero attached hydrogens (tertiary/aromatic N) is 2. The van der Waals surface area contributed by atoms with Crippen molar-refractivity contribution >= 4 is 11.6 Å². The van der Waals surface area contributed by atoms with Gasteiger partial charge in [-0.1, -0.05) is 0 Å². The Hall–Kier alpha value is -3.28. The van der Waals surface area contributed by atoms with Crippen LogP contribution in [0.1, 0.15) is 10.4 Å². The zero-order chi connectivity index (χ0) is 16.4. The van der Waals surface area contributed by atoms with Crippen molar-refractivity contribution in [1.82, 2.24) is 9.78 Å². The molecule has 3 aromatic rings. The number of anilines is 1. The molecule has 4 rings (SSSR count). The summed E-state index contributed by atoms with van der Waals surface area (Å²) in [5, 5.41) is 7.04. The molecular weight excluding hydrogens is 306 g/mol. The van der Waals surface area contributed by atoms with Gasteiger partial charge in [-0.3, -0.25) is 4.79 Å². The maximum absolute atomic E-state index is 12.4. The Morgan fingerprint density at radius 1 is 1.04 bits per heavy atom. The Morgan fingerprint density at radius 3 is 2.58 bits per heavy atom. The van der Waals surface area contributed by atoms with E-state index in [9.17, 15) is 4.79 Å². The zero-order valence-corrected chi connectivity index (χ0v) is 12.8. The molecule has 0 radical (unpaired) electrons. The second kappa shape index (κ2) is 6.08. The second-order valence-corrected chi connectivity index (χ2v) is 5.31. The third-order valence-electron chi connectivity index (χ3n) is 3.70. The minimum atomic E-state index is -0.196. The van der Waals surface area contributed by atoms with Crippen LogP contribution in [0.25, 0.3) is 5.69 Å². The first kappa shape index (κ1) is 14.3. The molecule has 6 heteroatoms. The predicted octanol–water partition coefficient (Wildman–Crippen LogP) is 2.90. The van der Waals surface area contributed by atoms with Gasteiger partial charge in [-0.25, -0.2) is 4.68 Å². The van der Waals surface area contributed by atoms with Gasteiger partial charge < -0.3 is 14.8 Å². The lowest BCUT2D eigenvalue weighted by Crippen LogP contribution is -2.17. The Balaban J connectivity index is 1.49. The summed E-state index contributed by atoms with van der Waals surface area (Å²) >= 11 is 0. The van der Waals surface area contributed by atoms with Crippen LogP contribution in [0.2, 0.25) is 0 Å². The van der Waals surface area contributed by atoms with Crippen LogP contribution in [0.5, 0.6) is 11.5 Å². The van der Waals surface area contributed by atoms with Gasteiger partial charge in [-0.2, -0.15) is 5.10 Å². The van der Waals surface area contributed by atoms with E-state index in [1.165, 1.54) is 0 Å². The number of carbonyl (C=O) groups excluding carboxylic acids is 1. The number of amides is 1. The van der Waals surface area contributed by atoms with Gasteiger partial charge in [0.1, 0.15) is 13.2 Å². The lowest BCUT2D eigenvalue weighted by Gasteiger charge is -2.18. The molecule has 2 aromatic carbocycles. The van der Waals surface area contributed by atoms with Crippen LogP contribution in [-0.4, -0.2) is 28.9 Å². The number of aromatic nitrogens is 2. The van der Waals surface area contributed by atoms with Gasteiger partial charge in [-0.15, -0.1) is 0 Å². The number of nitrogens with one attached hydrogen (secondary N) is 1. The summed E-state index contributed by atoms with van der Waals surface area (Å²) in [7, 11) is 0. The number of carbonyl (C=O) groups is 1. The summed E-state index contributed by atoms with van der Waals surface area (Å²) in [5.41, 5.74) is 2.17. The highest BCUT2D eigenvalue weighted by atomic mass is 16.6. The van der Waals surface area contributed by atoms with E-state index >= 15 is 0 Å². The summed E-state index contributed by atoms with van der Waals surface area (Å²) in [5.74, 6) is 1.07. The summed E-state index contributed by atoms with van der Waals surface area (Å²) in [6, 6.07) is 14.5. The molecule has 6 nitrogen and oxygen atoms in total. The molecule has 0 atom stereocenters. The second-order valence-electron chi connectivity index (χ2n) is 5.31. The largest absolute Gasteiger partial charge is 0.486 e. The van der Waals surface area contributed by atoms with Crippen molar-refractivity contribution in [3.63, 3.8) is 0 Å². The molecule has 1 aliphatic heterocycles. The van der Waals surface area contributed by atoms with E-state index < -0.39 is 0 Å². The van der Waals surface area contributed by atoms with E-state index in [0.29, 0.717) is 36.0 Å². The maximum Gasteiger partial charge on any atom is 0.255 e. The average Bonchev–Trinajstić information content (AvgIpc) is 3.16. The number of fused-ring (bicyclic) bond motifs is 1. The maximum atomic E-state index is 12.4. The van der Waals surface area contributed by atoms with Crippen molar-refractivity contribution in [3.05, 3.63) is 66.5 Å². The molecule has 1 amide bonds. The van der Waals surface area contributed by atoms with E-state index in [2.05, 4.69) is 10.4 Å². The van der Waals surface area contributed by atoms with Crippen LogP contribution in [-0.2, 0) is 0 Å². The molecular formula is C18H15N3O3. The first-order chi connectivity index (χ1) is 11.8. The molecule has 0 bridgehead atoms. The third-order valence-corrected chi connectivity index (χ3v) is 3.70. The molecule has 0 fully saturated rings. The van der Waals surface area contributed by atoms with Crippen molar-refractivity contribution in [2.24, 2.45) is 0 Å². The molecule has 24 heavy (non-hydrogen) atoms. The summed E-state index contributed by atoms with van der Waals surface area (Å²) in [4.78, 5) is 12.4. The monoisotopic (exact) mass is 321 g/mol. The van der Waals surface area contributed by atoms with Gasteiger partial charge in [0.2, 0.25) is 0 Å². The normalized spacial score (nSPS) is 12.7. The minimum absolute atomic E-state index is 0.196. The number of rotatable bonds is 3. The topological polar surface area (TPSA) is 65.4 Å². The Kier molecular flexibility index (Phi) is 3.63. The first-order valence-electron chi connectivity index (χ1n) is 7.61. The Labute approximate surface area is 138 Å². The van der Waals surface area contributed by atoms with Crippen LogP contribution in [0, 0.1) is 0 Å². The Bertz CT molecular complexity index is 858. The molecule has 1 N–H and O–H groups in total. The smallest absolute Gasteiger partial charge is 0.255 e. The van der Waals surface area contributed by atoms with E-state index in [1.54, 1.807) is 29.1 Å². The van der Waals surface area contributed by atoms with Gasteiger partial charge in [-0.05, 0) is 48.5 Å². The fourth-order valence-electron chi connectivity index (χ4n) is 2.51. The standard InChI is InChI=1S/C18H15N3O3/c22-18(13-2-7-16-17(12-13)24-11-10-23-16)20-14-3-5-15(6-4-14)21-9-1-8-19-21/h1-9,12H,10-11H2,(H,20,22). The van der Waals surface area contributed by atoms with E-state index in [1.807, 2.05) is 36.5 Å². The number of hydrogen-bond donors (Lipinski definition) is 1.